The minimum atomic E-state index is -0.401. The van der Waals surface area contributed by atoms with Crippen molar-refractivity contribution in [3.8, 4) is 0 Å². The van der Waals surface area contributed by atoms with E-state index in [1.807, 2.05) is 20.8 Å². The van der Waals surface area contributed by atoms with Crippen molar-refractivity contribution in [2.75, 3.05) is 12.4 Å². The molecule has 0 N–H and O–H groups in total. The molecule has 3 nitrogen and oxygen atoms in total. The molecule has 0 amide bonds. The second kappa shape index (κ2) is 6.45. The summed E-state index contributed by atoms with van der Waals surface area (Å²) in [5, 5.41) is 0. The molecule has 0 saturated carbocycles. The molecule has 0 unspecified atom stereocenters. The fourth-order valence-electron chi connectivity index (χ4n) is 3.45. The Morgan fingerprint density at radius 3 is 2.10 bits per heavy atom. The highest BCUT2D eigenvalue weighted by Crippen LogP contribution is 2.40. The molecule has 4 heteroatoms. The highest BCUT2D eigenvalue weighted by molar-refractivity contribution is 6.18. The Morgan fingerprint density at radius 2 is 1.71 bits per heavy atom. The lowest BCUT2D eigenvalue weighted by Crippen LogP contribution is -2.62. The summed E-state index contributed by atoms with van der Waals surface area (Å²) in [6, 6.07) is 0. The third kappa shape index (κ3) is 4.35. The predicted octanol–water partition coefficient (Wildman–Crippen LogP) is 4.23. The van der Waals surface area contributed by atoms with Gasteiger partial charge in [-0.2, -0.15) is 0 Å². The van der Waals surface area contributed by atoms with E-state index in [2.05, 4.69) is 32.6 Å². The van der Waals surface area contributed by atoms with E-state index < -0.39 is 5.41 Å². The molecule has 124 valence electrons. The van der Waals surface area contributed by atoms with Crippen LogP contribution in [0.25, 0.3) is 0 Å². The van der Waals surface area contributed by atoms with Gasteiger partial charge in [-0.25, -0.2) is 0 Å². The average Bonchev–Trinajstić information content (AvgIpc) is 2.32. The quantitative estimate of drug-likeness (QED) is 0.561. The molecule has 1 aliphatic rings. The van der Waals surface area contributed by atoms with Gasteiger partial charge >= 0.3 is 5.97 Å². The van der Waals surface area contributed by atoms with Crippen LogP contribution in [0.5, 0.6) is 0 Å². The predicted molar refractivity (Wildman–Crippen MR) is 88.8 cm³/mol. The third-order valence-corrected chi connectivity index (χ3v) is 5.10. The molecule has 0 aliphatic carbocycles. The van der Waals surface area contributed by atoms with Gasteiger partial charge in [-0.15, -0.1) is 11.6 Å². The highest BCUT2D eigenvalue weighted by Gasteiger charge is 2.46. The minimum absolute atomic E-state index is 0.0140. The van der Waals surface area contributed by atoms with Crippen LogP contribution in [-0.4, -0.2) is 40.5 Å². The zero-order valence-electron chi connectivity index (χ0n) is 14.8. The van der Waals surface area contributed by atoms with E-state index in [0.717, 1.165) is 25.8 Å². The summed E-state index contributed by atoms with van der Waals surface area (Å²) in [6.45, 7) is 15.7. The van der Waals surface area contributed by atoms with Crippen LogP contribution in [0, 0.1) is 5.41 Å². The topological polar surface area (TPSA) is 29.5 Å². The Balaban J connectivity index is 2.84. The number of carbonyl (C=O) groups is 1. The largest absolute Gasteiger partial charge is 0.462 e. The van der Waals surface area contributed by atoms with Crippen molar-refractivity contribution in [2.45, 2.75) is 84.9 Å². The molecule has 0 spiro atoms. The van der Waals surface area contributed by atoms with Gasteiger partial charge in [-0.05, 0) is 48.0 Å². The Labute approximate surface area is 135 Å². The first-order valence-corrected chi connectivity index (χ1v) is 8.54. The van der Waals surface area contributed by atoms with Gasteiger partial charge in [0.2, 0.25) is 0 Å². The number of esters is 1. The first kappa shape index (κ1) is 18.8. The second-order valence-corrected chi connectivity index (χ2v) is 8.52. The van der Waals surface area contributed by atoms with Gasteiger partial charge in [0.1, 0.15) is 6.10 Å². The van der Waals surface area contributed by atoms with Crippen molar-refractivity contribution >= 4 is 17.6 Å². The van der Waals surface area contributed by atoms with Crippen molar-refractivity contribution in [3.05, 3.63) is 0 Å². The Kier molecular flexibility index (Phi) is 5.77. The van der Waals surface area contributed by atoms with Crippen molar-refractivity contribution < 1.29 is 9.53 Å². The van der Waals surface area contributed by atoms with E-state index in [1.54, 1.807) is 0 Å². The van der Waals surface area contributed by atoms with Crippen LogP contribution in [0.1, 0.15) is 67.7 Å². The van der Waals surface area contributed by atoms with Gasteiger partial charge in [0.15, 0.2) is 0 Å². The van der Waals surface area contributed by atoms with Crippen LogP contribution in [0.4, 0.5) is 0 Å². The molecule has 1 fully saturated rings. The lowest BCUT2D eigenvalue weighted by Gasteiger charge is -2.55. The molecule has 0 aromatic heterocycles. The van der Waals surface area contributed by atoms with Crippen LogP contribution in [-0.2, 0) is 9.53 Å². The number of nitrogens with zero attached hydrogens (tertiary/aromatic N) is 1. The van der Waals surface area contributed by atoms with E-state index >= 15 is 0 Å². The zero-order chi connectivity index (χ0) is 16.5. The summed E-state index contributed by atoms with van der Waals surface area (Å²) in [5.41, 5.74) is -0.433. The number of piperidine rings is 1. The summed E-state index contributed by atoms with van der Waals surface area (Å²) in [7, 11) is 0. The van der Waals surface area contributed by atoms with Gasteiger partial charge in [0.05, 0.1) is 5.41 Å². The maximum Gasteiger partial charge on any atom is 0.311 e. The lowest BCUT2D eigenvalue weighted by atomic mass is 9.78. The first-order valence-electron chi connectivity index (χ1n) is 8.01. The number of hydrogen-bond donors (Lipinski definition) is 0. The summed E-state index contributed by atoms with van der Waals surface area (Å²) >= 11 is 5.96. The zero-order valence-corrected chi connectivity index (χ0v) is 15.5. The number of likely N-dealkylation sites (tertiary alicyclic amines) is 1. The molecular formula is C17H32ClNO2. The van der Waals surface area contributed by atoms with Crippen LogP contribution in [0.3, 0.4) is 0 Å². The number of ether oxygens (including phenoxy) is 1. The lowest BCUT2D eigenvalue weighted by molar-refractivity contribution is -0.170. The van der Waals surface area contributed by atoms with Crippen molar-refractivity contribution in [3.63, 3.8) is 0 Å². The summed E-state index contributed by atoms with van der Waals surface area (Å²) < 4.78 is 5.85. The smallest absolute Gasteiger partial charge is 0.311 e. The highest BCUT2D eigenvalue weighted by atomic mass is 35.5. The monoisotopic (exact) mass is 317 g/mol. The molecule has 1 aliphatic heterocycles. The number of hydrogen-bond acceptors (Lipinski definition) is 3. The van der Waals surface area contributed by atoms with Gasteiger partial charge in [0.25, 0.3) is 0 Å². The normalized spacial score (nSPS) is 23.0. The van der Waals surface area contributed by atoms with Crippen LogP contribution < -0.4 is 0 Å². The van der Waals surface area contributed by atoms with Crippen molar-refractivity contribution in [1.82, 2.24) is 4.90 Å². The Bertz CT molecular complexity index is 359. The van der Waals surface area contributed by atoms with Gasteiger partial charge in [0, 0.05) is 36.3 Å². The second-order valence-electron chi connectivity index (χ2n) is 8.14. The standard InChI is InChI=1S/C17H32ClNO2/c1-8-15(2,3)14(20)21-13-11-16(4,5)19(10-9-18)17(6,7)12-13/h13H,8-12H2,1-7H3. The summed E-state index contributed by atoms with van der Waals surface area (Å²) in [4.78, 5) is 14.8. The van der Waals surface area contributed by atoms with Crippen LogP contribution in [0.15, 0.2) is 0 Å². The first-order chi connectivity index (χ1) is 9.46. The van der Waals surface area contributed by atoms with E-state index in [0.29, 0.717) is 5.88 Å². The Hall–Kier alpha value is -0.280. The van der Waals surface area contributed by atoms with E-state index in [4.69, 9.17) is 16.3 Å². The fraction of sp³-hybridized carbons (Fsp3) is 0.941. The Morgan fingerprint density at radius 1 is 1.24 bits per heavy atom. The number of halogens is 1. The third-order valence-electron chi connectivity index (χ3n) is 4.93. The maximum atomic E-state index is 12.3. The van der Waals surface area contributed by atoms with Crippen molar-refractivity contribution in [2.24, 2.45) is 5.41 Å². The average molecular weight is 318 g/mol. The molecule has 1 heterocycles. The molecule has 0 aromatic rings. The van der Waals surface area contributed by atoms with E-state index in [9.17, 15) is 4.79 Å². The van der Waals surface area contributed by atoms with E-state index in [-0.39, 0.29) is 23.2 Å². The van der Waals surface area contributed by atoms with Gasteiger partial charge in [-0.1, -0.05) is 6.92 Å². The molecule has 0 aromatic carbocycles. The fourth-order valence-corrected chi connectivity index (χ4v) is 3.62. The molecule has 0 bridgehead atoms. The molecule has 1 rings (SSSR count). The van der Waals surface area contributed by atoms with Gasteiger partial charge < -0.3 is 4.74 Å². The number of carbonyl (C=O) groups excluding carboxylic acids is 1. The molecule has 21 heavy (non-hydrogen) atoms. The molecule has 1 saturated heterocycles. The van der Waals surface area contributed by atoms with Gasteiger partial charge in [-0.3, -0.25) is 9.69 Å². The summed E-state index contributed by atoms with van der Waals surface area (Å²) in [5.74, 6) is 0.549. The SMILES string of the molecule is CCC(C)(C)C(=O)OC1CC(C)(C)N(CCCl)C(C)(C)C1. The molecular weight excluding hydrogens is 286 g/mol. The van der Waals surface area contributed by atoms with E-state index in [1.165, 1.54) is 0 Å². The number of rotatable bonds is 5. The molecule has 0 atom stereocenters. The van der Waals surface area contributed by atoms with Crippen LogP contribution in [0.2, 0.25) is 0 Å². The summed E-state index contributed by atoms with van der Waals surface area (Å²) in [6.07, 6.45) is 2.50. The maximum absolute atomic E-state index is 12.3. The van der Waals surface area contributed by atoms with Crippen molar-refractivity contribution in [1.29, 1.82) is 0 Å². The molecule has 0 radical (unpaired) electrons. The minimum Gasteiger partial charge on any atom is -0.462 e. The van der Waals surface area contributed by atoms with Crippen LogP contribution >= 0.6 is 11.6 Å². The number of alkyl halides is 1.